The highest BCUT2D eigenvalue weighted by Crippen LogP contribution is 2.08. The van der Waals surface area contributed by atoms with Crippen molar-refractivity contribution in [3.8, 4) is 0 Å². The predicted octanol–water partition coefficient (Wildman–Crippen LogP) is 1.67. The first-order valence-corrected chi connectivity index (χ1v) is 14.0. The molecule has 0 fully saturated rings. The van der Waals surface area contributed by atoms with Crippen LogP contribution in [0, 0.1) is 0 Å². The minimum absolute atomic E-state index is 0.00577. The Hall–Kier alpha value is -4.45. The van der Waals surface area contributed by atoms with Gasteiger partial charge in [-0.3, -0.25) is 14.4 Å². The minimum Gasteiger partial charge on any atom is -0.459 e. The molecule has 2 aromatic rings. The first-order chi connectivity index (χ1) is 20.3. The van der Waals surface area contributed by atoms with E-state index < -0.39 is 24.1 Å². The molecule has 0 aliphatic carbocycles. The third kappa shape index (κ3) is 14.3. The van der Waals surface area contributed by atoms with Crippen LogP contribution >= 0.6 is 0 Å². The Labute approximate surface area is 246 Å². The van der Waals surface area contributed by atoms with Crippen LogP contribution in [0.25, 0.3) is 0 Å². The summed E-state index contributed by atoms with van der Waals surface area (Å²) in [6.07, 6.45) is 0.704. The molecule has 0 spiro atoms. The normalized spacial score (nSPS) is 11.9. The van der Waals surface area contributed by atoms with Gasteiger partial charge < -0.3 is 36.5 Å². The lowest BCUT2D eigenvalue weighted by Crippen LogP contribution is -2.47. The summed E-state index contributed by atoms with van der Waals surface area (Å²) in [4.78, 5) is 61.3. The van der Waals surface area contributed by atoms with Gasteiger partial charge in [0.25, 0.3) is 0 Å². The molecule has 0 saturated heterocycles. The van der Waals surface area contributed by atoms with Crippen LogP contribution in [0.1, 0.15) is 50.2 Å². The fraction of sp³-hybridized carbons (Fsp3) is 0.433. The van der Waals surface area contributed by atoms with Gasteiger partial charge in [-0.2, -0.15) is 0 Å². The number of nitrogens with two attached hydrogens (primary N) is 1. The van der Waals surface area contributed by atoms with Crippen molar-refractivity contribution in [2.45, 2.75) is 64.3 Å². The van der Waals surface area contributed by atoms with Gasteiger partial charge in [0.15, 0.2) is 0 Å². The van der Waals surface area contributed by atoms with Crippen LogP contribution in [0.2, 0.25) is 0 Å². The Bertz CT molecular complexity index is 1130. The van der Waals surface area contributed by atoms with E-state index in [4.69, 9.17) is 15.2 Å². The lowest BCUT2D eigenvalue weighted by Gasteiger charge is -2.18. The Morgan fingerprint density at radius 3 is 1.95 bits per heavy atom. The molecule has 0 aromatic heterocycles. The van der Waals surface area contributed by atoms with E-state index >= 15 is 0 Å². The van der Waals surface area contributed by atoms with Crippen LogP contribution in [0.3, 0.4) is 0 Å². The number of esters is 1. The lowest BCUT2D eigenvalue weighted by atomic mass is 10.1. The van der Waals surface area contributed by atoms with Gasteiger partial charge in [-0.25, -0.2) is 9.59 Å². The molecule has 6 N–H and O–H groups in total. The van der Waals surface area contributed by atoms with E-state index in [1.165, 1.54) is 6.92 Å². The number of hydrogen-bond acceptors (Lipinski definition) is 8. The zero-order chi connectivity index (χ0) is 30.6. The van der Waals surface area contributed by atoms with Gasteiger partial charge >= 0.3 is 12.1 Å². The van der Waals surface area contributed by atoms with Crippen molar-refractivity contribution in [3.63, 3.8) is 0 Å². The van der Waals surface area contributed by atoms with Crippen LogP contribution in [0.4, 0.5) is 4.79 Å². The molecule has 2 aromatic carbocycles. The van der Waals surface area contributed by atoms with E-state index in [2.05, 4.69) is 21.3 Å². The average molecular weight is 584 g/mol. The summed E-state index contributed by atoms with van der Waals surface area (Å²) in [6.45, 7) is 2.33. The van der Waals surface area contributed by atoms with Crippen molar-refractivity contribution < 1.29 is 33.4 Å². The van der Waals surface area contributed by atoms with Crippen molar-refractivity contribution >= 4 is 29.8 Å². The van der Waals surface area contributed by atoms with Crippen molar-refractivity contribution in [1.29, 1.82) is 0 Å². The predicted molar refractivity (Wildman–Crippen MR) is 156 cm³/mol. The molecule has 2 atom stereocenters. The number of carbonyl (C=O) groups excluding carboxylic acids is 5. The van der Waals surface area contributed by atoms with Crippen molar-refractivity contribution in [2.24, 2.45) is 5.73 Å². The van der Waals surface area contributed by atoms with Gasteiger partial charge in [-0.05, 0) is 36.8 Å². The molecule has 42 heavy (non-hydrogen) atoms. The summed E-state index contributed by atoms with van der Waals surface area (Å²) in [5.41, 5.74) is 6.98. The summed E-state index contributed by atoms with van der Waals surface area (Å²) in [6, 6.07) is 16.4. The molecule has 12 nitrogen and oxygen atoms in total. The monoisotopic (exact) mass is 583 g/mol. The Balaban J connectivity index is 1.81. The van der Waals surface area contributed by atoms with Crippen LogP contribution in [-0.2, 0) is 41.9 Å². The topological polar surface area (TPSA) is 178 Å². The second kappa shape index (κ2) is 19.6. The third-order valence-corrected chi connectivity index (χ3v) is 6.05. The Morgan fingerprint density at radius 2 is 1.36 bits per heavy atom. The molecular formula is C30H41N5O7. The summed E-state index contributed by atoms with van der Waals surface area (Å²) in [7, 11) is 0. The zero-order valence-corrected chi connectivity index (χ0v) is 23.9. The number of carbonyl (C=O) groups is 5. The second-order valence-corrected chi connectivity index (χ2v) is 9.57. The number of nitrogens with one attached hydrogen (secondary N) is 4. The first kappa shape index (κ1) is 33.8. The highest BCUT2D eigenvalue weighted by molar-refractivity contribution is 5.86. The summed E-state index contributed by atoms with van der Waals surface area (Å²) >= 11 is 0. The van der Waals surface area contributed by atoms with Gasteiger partial charge in [-0.15, -0.1) is 0 Å². The number of ether oxygens (including phenoxy) is 2. The molecule has 0 saturated carbocycles. The SMILES string of the molecule is CC(=O)NC(CCCCNC(=O)CC[C@H](NC(=O)OCc1ccccc1)C(=O)OCc1ccccc1)C(=O)NCCN. The van der Waals surface area contributed by atoms with Gasteiger partial charge in [0.2, 0.25) is 17.7 Å². The van der Waals surface area contributed by atoms with E-state index in [1.807, 2.05) is 48.5 Å². The van der Waals surface area contributed by atoms with Crippen LogP contribution in [0.5, 0.6) is 0 Å². The van der Waals surface area contributed by atoms with Gasteiger partial charge in [0.05, 0.1) is 0 Å². The number of benzene rings is 2. The van der Waals surface area contributed by atoms with E-state index in [0.29, 0.717) is 38.9 Å². The van der Waals surface area contributed by atoms with Crippen molar-refractivity contribution in [2.75, 3.05) is 19.6 Å². The molecule has 2 rings (SSSR count). The summed E-state index contributed by atoms with van der Waals surface area (Å²) < 4.78 is 10.6. The Kier molecular flexibility index (Phi) is 15.7. The molecule has 0 bridgehead atoms. The molecule has 4 amide bonds. The maximum Gasteiger partial charge on any atom is 0.408 e. The average Bonchev–Trinajstić information content (AvgIpc) is 2.99. The lowest BCUT2D eigenvalue weighted by molar-refractivity contribution is -0.147. The maximum atomic E-state index is 12.8. The molecule has 0 aliphatic heterocycles. The largest absolute Gasteiger partial charge is 0.459 e. The maximum absolute atomic E-state index is 12.8. The summed E-state index contributed by atoms with van der Waals surface area (Å²) in [5.74, 6) is -1.61. The second-order valence-electron chi connectivity index (χ2n) is 9.57. The fourth-order valence-corrected chi connectivity index (χ4v) is 3.88. The third-order valence-electron chi connectivity index (χ3n) is 6.05. The van der Waals surface area contributed by atoms with E-state index in [1.54, 1.807) is 12.1 Å². The first-order valence-electron chi connectivity index (χ1n) is 14.0. The van der Waals surface area contributed by atoms with Crippen molar-refractivity contribution in [3.05, 3.63) is 71.8 Å². The molecule has 0 heterocycles. The van der Waals surface area contributed by atoms with Gasteiger partial charge in [0, 0.05) is 33.0 Å². The highest BCUT2D eigenvalue weighted by Gasteiger charge is 2.24. The Morgan fingerprint density at radius 1 is 0.738 bits per heavy atom. The number of alkyl carbamates (subject to hydrolysis) is 1. The molecule has 228 valence electrons. The number of hydrogen-bond donors (Lipinski definition) is 5. The van der Waals surface area contributed by atoms with Crippen LogP contribution in [-0.4, -0.2) is 61.5 Å². The van der Waals surface area contributed by atoms with Gasteiger partial charge in [-0.1, -0.05) is 60.7 Å². The molecular weight excluding hydrogens is 542 g/mol. The number of rotatable bonds is 18. The standard InChI is InChI=1S/C30H41N5O7/c1-22(36)34-25(28(38)33-19-17-31)14-8-9-18-32-27(37)16-15-26(29(39)41-20-23-10-4-2-5-11-23)35-30(40)42-21-24-12-6-3-7-13-24/h2-7,10-13,25-26H,8-9,14-21,31H2,1H3,(H,32,37)(H,33,38)(H,34,36)(H,35,40)/t25?,26-/m0/s1. The molecule has 0 aliphatic rings. The highest BCUT2D eigenvalue weighted by atomic mass is 16.6. The number of unbranched alkanes of at least 4 members (excludes halogenated alkanes) is 1. The smallest absolute Gasteiger partial charge is 0.408 e. The summed E-state index contributed by atoms with van der Waals surface area (Å²) in [5, 5.41) is 10.6. The number of amides is 4. The van der Waals surface area contributed by atoms with Crippen LogP contribution in [0.15, 0.2) is 60.7 Å². The van der Waals surface area contributed by atoms with E-state index in [9.17, 15) is 24.0 Å². The van der Waals surface area contributed by atoms with Crippen molar-refractivity contribution in [1.82, 2.24) is 21.3 Å². The van der Waals surface area contributed by atoms with E-state index in [0.717, 1.165) is 11.1 Å². The quantitative estimate of drug-likeness (QED) is 0.130. The molecule has 0 radical (unpaired) electrons. The fourth-order valence-electron chi connectivity index (χ4n) is 3.88. The molecule has 1 unspecified atom stereocenters. The van der Waals surface area contributed by atoms with Crippen LogP contribution < -0.4 is 27.0 Å². The van der Waals surface area contributed by atoms with Gasteiger partial charge in [0.1, 0.15) is 25.3 Å². The molecule has 12 heteroatoms. The minimum atomic E-state index is -1.09. The zero-order valence-electron chi connectivity index (χ0n) is 23.9. The van der Waals surface area contributed by atoms with E-state index in [-0.39, 0.29) is 43.8 Å².